The Morgan fingerprint density at radius 2 is 1.80 bits per heavy atom. The first-order valence-corrected chi connectivity index (χ1v) is 11.5. The van der Waals surface area contributed by atoms with Gasteiger partial charge in [0.2, 0.25) is 0 Å². The number of hydrogen-bond donors (Lipinski definition) is 2. The summed E-state index contributed by atoms with van der Waals surface area (Å²) in [5.74, 6) is -0.907. The van der Waals surface area contributed by atoms with Gasteiger partial charge in [-0.05, 0) is 49.9 Å². The van der Waals surface area contributed by atoms with Gasteiger partial charge in [0, 0.05) is 35.8 Å². The van der Waals surface area contributed by atoms with Crippen LogP contribution in [0.4, 0.5) is 8.78 Å². The minimum atomic E-state index is -0.503. The van der Waals surface area contributed by atoms with Crippen molar-refractivity contribution < 1.29 is 13.2 Å². The van der Waals surface area contributed by atoms with Crippen LogP contribution in [0.3, 0.4) is 0 Å². The van der Waals surface area contributed by atoms with Gasteiger partial charge in [-0.15, -0.1) is 0 Å². The molecule has 35 heavy (non-hydrogen) atoms. The molecule has 0 aliphatic heterocycles. The Morgan fingerprint density at radius 1 is 1.00 bits per heavy atom. The second-order valence-corrected chi connectivity index (χ2v) is 8.96. The summed E-state index contributed by atoms with van der Waals surface area (Å²) < 4.78 is 34.5. The van der Waals surface area contributed by atoms with Gasteiger partial charge in [-0.1, -0.05) is 0 Å². The summed E-state index contributed by atoms with van der Waals surface area (Å²) in [6.45, 7) is 0.494. The van der Waals surface area contributed by atoms with E-state index in [0.29, 0.717) is 39.6 Å². The zero-order valence-corrected chi connectivity index (χ0v) is 18.6. The van der Waals surface area contributed by atoms with Crippen molar-refractivity contribution in [2.45, 2.75) is 44.3 Å². The Kier molecular flexibility index (Phi) is 5.18. The fourth-order valence-corrected chi connectivity index (χ4v) is 5.08. The van der Waals surface area contributed by atoms with Gasteiger partial charge in [0.1, 0.15) is 17.2 Å². The van der Waals surface area contributed by atoms with E-state index in [2.05, 4.69) is 20.3 Å². The molecule has 1 aliphatic rings. The highest BCUT2D eigenvalue weighted by Gasteiger charge is 2.25. The third-order valence-electron chi connectivity index (χ3n) is 6.76. The summed E-state index contributed by atoms with van der Waals surface area (Å²) in [7, 11) is 0. The maximum atomic E-state index is 13.8. The molecule has 1 aromatic carbocycles. The van der Waals surface area contributed by atoms with Gasteiger partial charge in [0.15, 0.2) is 5.65 Å². The molecule has 0 amide bonds. The number of rotatable bonds is 4. The van der Waals surface area contributed by atoms with Crippen LogP contribution < -0.4 is 16.5 Å². The van der Waals surface area contributed by atoms with Crippen molar-refractivity contribution in [1.82, 2.24) is 24.8 Å². The van der Waals surface area contributed by atoms with Crippen LogP contribution >= 0.6 is 0 Å². The van der Waals surface area contributed by atoms with Crippen LogP contribution in [0, 0.1) is 11.6 Å². The van der Waals surface area contributed by atoms with E-state index < -0.39 is 17.3 Å². The van der Waals surface area contributed by atoms with Crippen LogP contribution in [0.25, 0.3) is 33.0 Å². The number of benzene rings is 1. The van der Waals surface area contributed by atoms with Gasteiger partial charge in [0.25, 0.3) is 5.56 Å². The molecule has 1 saturated carbocycles. The minimum Gasteiger partial charge on any atom is -0.422 e. The quantitative estimate of drug-likeness (QED) is 0.380. The molecule has 4 aromatic heterocycles. The molecule has 0 spiro atoms. The highest BCUT2D eigenvalue weighted by atomic mass is 19.1. The van der Waals surface area contributed by atoms with E-state index in [0.717, 1.165) is 37.6 Å². The lowest BCUT2D eigenvalue weighted by Crippen LogP contribution is -2.36. The third kappa shape index (κ3) is 3.89. The van der Waals surface area contributed by atoms with Crippen molar-refractivity contribution in [3.63, 3.8) is 0 Å². The number of hydrogen-bond acceptors (Lipinski definition) is 6. The van der Waals surface area contributed by atoms with E-state index in [-0.39, 0.29) is 17.6 Å². The van der Waals surface area contributed by atoms with Crippen LogP contribution in [0.1, 0.15) is 37.4 Å². The molecule has 0 bridgehead atoms. The Bertz CT molecular complexity index is 1700. The average molecular weight is 477 g/mol. The smallest absolute Gasteiger partial charge is 0.345 e. The molecule has 1 fully saturated rings. The van der Waals surface area contributed by atoms with E-state index in [1.165, 1.54) is 30.5 Å². The molecule has 0 radical (unpaired) electrons. The van der Waals surface area contributed by atoms with Gasteiger partial charge in [-0.3, -0.25) is 4.79 Å². The molecule has 6 rings (SSSR count). The molecule has 1 aliphatic carbocycles. The first kappa shape index (κ1) is 21.6. The topological polar surface area (TPSA) is 106 Å². The summed E-state index contributed by atoms with van der Waals surface area (Å²) in [5.41, 5.74) is 1.71. The number of halogens is 2. The predicted molar refractivity (Wildman–Crippen MR) is 126 cm³/mol. The summed E-state index contributed by atoms with van der Waals surface area (Å²) >= 11 is 0. The first-order valence-electron chi connectivity index (χ1n) is 11.5. The monoisotopic (exact) mass is 477 g/mol. The zero-order valence-electron chi connectivity index (χ0n) is 18.6. The second kappa shape index (κ2) is 8.38. The van der Waals surface area contributed by atoms with Crippen LogP contribution in [-0.4, -0.2) is 25.6 Å². The SMILES string of the molecule is O=c1oc2ccc(F)cc2c2[nH]c(CN[C@H]3CC[C@@H](n4c(=O)cnc5ncc(F)cc54)CC3)cc12. The summed E-state index contributed by atoms with van der Waals surface area (Å²) in [4.78, 5) is 36.1. The lowest BCUT2D eigenvalue weighted by molar-refractivity contribution is 0.290. The Hall–Kier alpha value is -3.92. The highest BCUT2D eigenvalue weighted by Crippen LogP contribution is 2.30. The summed E-state index contributed by atoms with van der Waals surface area (Å²) in [6, 6.07) is 7.24. The molecule has 0 unspecified atom stereocenters. The first-order chi connectivity index (χ1) is 17.0. The van der Waals surface area contributed by atoms with Crippen molar-refractivity contribution in [1.29, 1.82) is 0 Å². The third-order valence-corrected chi connectivity index (χ3v) is 6.76. The highest BCUT2D eigenvalue weighted by molar-refractivity contribution is 6.02. The minimum absolute atomic E-state index is 0.0615. The lowest BCUT2D eigenvalue weighted by atomic mass is 9.90. The van der Waals surface area contributed by atoms with E-state index >= 15 is 0 Å². The van der Waals surface area contributed by atoms with Gasteiger partial charge in [-0.2, -0.15) is 0 Å². The Morgan fingerprint density at radius 3 is 2.63 bits per heavy atom. The lowest BCUT2D eigenvalue weighted by Gasteiger charge is -2.30. The number of nitrogens with one attached hydrogen (secondary N) is 2. The molecule has 10 heteroatoms. The standard InChI is InChI=1S/C25H21F2N5O3/c26-13-1-6-21-18(7-13)23-19(25(34)35-21)9-16(31-23)11-28-15-2-4-17(5-3-15)32-20-8-14(27)10-29-24(20)30-12-22(32)33/h1,6-10,12,15,17,28,31H,2-5,11H2/t15-,17+. The number of nitrogens with zero attached hydrogens (tertiary/aromatic N) is 3. The van der Waals surface area contributed by atoms with E-state index in [1.54, 1.807) is 10.6 Å². The number of H-pyrrole nitrogens is 1. The average Bonchev–Trinajstić information content (AvgIpc) is 3.29. The second-order valence-electron chi connectivity index (χ2n) is 8.96. The molecule has 8 nitrogen and oxygen atoms in total. The van der Waals surface area contributed by atoms with Gasteiger partial charge in [0.05, 0.1) is 28.8 Å². The number of fused-ring (bicyclic) bond motifs is 4. The van der Waals surface area contributed by atoms with Crippen LogP contribution in [0.5, 0.6) is 0 Å². The predicted octanol–water partition coefficient (Wildman–Crippen LogP) is 3.93. The maximum Gasteiger partial charge on any atom is 0.345 e. The summed E-state index contributed by atoms with van der Waals surface area (Å²) in [6.07, 6.45) is 5.46. The van der Waals surface area contributed by atoms with Crippen LogP contribution in [-0.2, 0) is 6.54 Å². The molecule has 178 valence electrons. The van der Waals surface area contributed by atoms with Gasteiger partial charge in [-0.25, -0.2) is 23.5 Å². The van der Waals surface area contributed by atoms with Crippen molar-refractivity contribution in [2.24, 2.45) is 0 Å². The van der Waals surface area contributed by atoms with E-state index in [4.69, 9.17) is 4.42 Å². The molecule has 4 heterocycles. The molecule has 2 N–H and O–H groups in total. The van der Waals surface area contributed by atoms with Crippen LogP contribution in [0.2, 0.25) is 0 Å². The molecule has 0 atom stereocenters. The maximum absolute atomic E-state index is 13.8. The summed E-state index contributed by atoms with van der Waals surface area (Å²) in [5, 5.41) is 4.40. The van der Waals surface area contributed by atoms with Crippen molar-refractivity contribution >= 4 is 33.0 Å². The van der Waals surface area contributed by atoms with Crippen molar-refractivity contribution in [3.05, 3.63) is 80.8 Å². The van der Waals surface area contributed by atoms with Crippen molar-refractivity contribution in [2.75, 3.05) is 0 Å². The van der Waals surface area contributed by atoms with Crippen molar-refractivity contribution in [3.8, 4) is 0 Å². The molecular weight excluding hydrogens is 456 g/mol. The Balaban J connectivity index is 1.18. The van der Waals surface area contributed by atoms with Crippen LogP contribution in [0.15, 0.2) is 56.7 Å². The Labute approximate surface area is 196 Å². The molecular formula is C25H21F2N5O3. The number of aromatic amines is 1. The molecule has 0 saturated heterocycles. The molecule has 5 aromatic rings. The zero-order chi connectivity index (χ0) is 24.1. The van der Waals surface area contributed by atoms with E-state index in [9.17, 15) is 18.4 Å². The van der Waals surface area contributed by atoms with Gasteiger partial charge >= 0.3 is 5.63 Å². The largest absolute Gasteiger partial charge is 0.422 e. The van der Waals surface area contributed by atoms with Gasteiger partial charge < -0.3 is 19.3 Å². The fraction of sp³-hybridized carbons (Fsp3) is 0.280. The van der Waals surface area contributed by atoms with E-state index in [1.807, 2.05) is 0 Å². The normalized spacial score (nSPS) is 18.6. The number of aromatic nitrogens is 4. The number of pyridine rings is 1. The fourth-order valence-electron chi connectivity index (χ4n) is 5.08.